The zero-order valence-corrected chi connectivity index (χ0v) is 11.8. The van der Waals surface area contributed by atoms with Crippen LogP contribution in [0.5, 0.6) is 0 Å². The summed E-state index contributed by atoms with van der Waals surface area (Å²) in [5, 5.41) is 0.712. The summed E-state index contributed by atoms with van der Waals surface area (Å²) in [6, 6.07) is 15.6. The van der Waals surface area contributed by atoms with E-state index in [1.54, 1.807) is 0 Å². The number of rotatable bonds is 4. The molecule has 1 unspecified atom stereocenters. The van der Waals surface area contributed by atoms with Crippen LogP contribution in [-0.2, 0) is 22.3 Å². The van der Waals surface area contributed by atoms with Gasteiger partial charge in [-0.05, 0) is 35.7 Å². The predicted molar refractivity (Wildman–Crippen MR) is 78.2 cm³/mol. The van der Waals surface area contributed by atoms with Gasteiger partial charge < -0.3 is 0 Å². The van der Waals surface area contributed by atoms with Crippen LogP contribution in [0, 0.1) is 6.92 Å². The molecule has 94 valence electrons. The Morgan fingerprint density at radius 1 is 1.00 bits per heavy atom. The molecular formula is C15H15ClOS. The van der Waals surface area contributed by atoms with Crippen LogP contribution >= 0.6 is 11.6 Å². The number of aryl methyl sites for hydroxylation is 1. The molecule has 2 aromatic rings. The van der Waals surface area contributed by atoms with Crippen LogP contribution in [0.2, 0.25) is 5.02 Å². The molecule has 1 atom stereocenters. The number of benzene rings is 2. The summed E-state index contributed by atoms with van der Waals surface area (Å²) in [6.45, 7) is 2.05. The summed E-state index contributed by atoms with van der Waals surface area (Å²) in [5.41, 5.74) is 3.41. The molecule has 3 heteroatoms. The Hall–Kier alpha value is -1.12. The minimum absolute atomic E-state index is 0.575. The van der Waals surface area contributed by atoms with Gasteiger partial charge in [0.05, 0.1) is 0 Å². The van der Waals surface area contributed by atoms with Crippen LogP contribution in [0.4, 0.5) is 0 Å². The van der Waals surface area contributed by atoms with Crippen molar-refractivity contribution in [2.45, 2.75) is 18.4 Å². The molecule has 0 fully saturated rings. The fraction of sp³-hybridized carbons (Fsp3) is 0.200. The molecule has 0 aliphatic carbocycles. The van der Waals surface area contributed by atoms with Gasteiger partial charge in [-0.1, -0.05) is 48.0 Å². The van der Waals surface area contributed by atoms with Crippen molar-refractivity contribution < 1.29 is 4.21 Å². The van der Waals surface area contributed by atoms with Crippen molar-refractivity contribution in [3.8, 4) is 0 Å². The monoisotopic (exact) mass is 278 g/mol. The second-order valence-electron chi connectivity index (χ2n) is 4.28. The smallest absolute Gasteiger partial charge is 0.0491 e. The molecule has 0 radical (unpaired) electrons. The van der Waals surface area contributed by atoms with Crippen LogP contribution in [0.25, 0.3) is 0 Å². The molecule has 0 spiro atoms. The standard InChI is InChI=1S/C15H15ClOS/c1-12-4-2-3-5-14(12)11-18(17)10-13-6-8-15(16)9-7-13/h2-9H,10-11H2,1H3. The van der Waals surface area contributed by atoms with Crippen molar-refractivity contribution in [3.05, 3.63) is 70.2 Å². The van der Waals surface area contributed by atoms with Gasteiger partial charge in [-0.15, -0.1) is 0 Å². The molecule has 0 aliphatic heterocycles. The van der Waals surface area contributed by atoms with E-state index in [1.807, 2.05) is 42.5 Å². The van der Waals surface area contributed by atoms with Crippen LogP contribution in [0.15, 0.2) is 48.5 Å². The molecule has 0 saturated heterocycles. The highest BCUT2D eigenvalue weighted by Crippen LogP contribution is 2.14. The third kappa shape index (κ3) is 3.69. The molecule has 0 aromatic heterocycles. The van der Waals surface area contributed by atoms with E-state index in [2.05, 4.69) is 13.0 Å². The van der Waals surface area contributed by atoms with Gasteiger partial charge in [0.2, 0.25) is 0 Å². The molecule has 0 heterocycles. The van der Waals surface area contributed by atoms with Crippen LogP contribution in [-0.4, -0.2) is 4.21 Å². The Morgan fingerprint density at radius 2 is 1.67 bits per heavy atom. The summed E-state index contributed by atoms with van der Waals surface area (Å²) in [4.78, 5) is 0. The Balaban J connectivity index is 2.01. The predicted octanol–water partition coefficient (Wildman–Crippen LogP) is 4.10. The van der Waals surface area contributed by atoms with E-state index in [4.69, 9.17) is 11.6 Å². The van der Waals surface area contributed by atoms with Gasteiger partial charge in [-0.2, -0.15) is 0 Å². The van der Waals surface area contributed by atoms with Gasteiger partial charge in [-0.25, -0.2) is 0 Å². The molecule has 0 bridgehead atoms. The van der Waals surface area contributed by atoms with Crippen molar-refractivity contribution in [1.29, 1.82) is 0 Å². The average Bonchev–Trinajstić information content (AvgIpc) is 2.35. The first kappa shape index (κ1) is 13.3. The summed E-state index contributed by atoms with van der Waals surface area (Å²) in [6.07, 6.45) is 0. The molecule has 2 rings (SSSR count). The maximum atomic E-state index is 12.1. The molecular weight excluding hydrogens is 264 g/mol. The molecule has 0 amide bonds. The molecule has 1 nitrogen and oxygen atoms in total. The fourth-order valence-electron chi connectivity index (χ4n) is 1.76. The third-order valence-corrected chi connectivity index (χ3v) is 4.36. The summed E-state index contributed by atoms with van der Waals surface area (Å²) < 4.78 is 12.1. The molecule has 0 N–H and O–H groups in total. The van der Waals surface area contributed by atoms with Crippen LogP contribution in [0.1, 0.15) is 16.7 Å². The second-order valence-corrected chi connectivity index (χ2v) is 6.17. The molecule has 2 aromatic carbocycles. The van der Waals surface area contributed by atoms with Gasteiger partial charge >= 0.3 is 0 Å². The van der Waals surface area contributed by atoms with E-state index in [0.717, 1.165) is 11.1 Å². The maximum Gasteiger partial charge on any atom is 0.0491 e. The zero-order chi connectivity index (χ0) is 13.0. The minimum Gasteiger partial charge on any atom is -0.259 e. The van der Waals surface area contributed by atoms with Crippen molar-refractivity contribution in [2.24, 2.45) is 0 Å². The lowest BCUT2D eigenvalue weighted by atomic mass is 10.1. The Labute approximate surface area is 115 Å². The van der Waals surface area contributed by atoms with Crippen LogP contribution in [0.3, 0.4) is 0 Å². The lowest BCUT2D eigenvalue weighted by molar-refractivity contribution is 0.682. The minimum atomic E-state index is -0.882. The summed E-state index contributed by atoms with van der Waals surface area (Å²) >= 11 is 5.82. The quantitative estimate of drug-likeness (QED) is 0.823. The summed E-state index contributed by atoms with van der Waals surface area (Å²) in [7, 11) is -0.882. The Bertz CT molecular complexity index is 549. The highest BCUT2D eigenvalue weighted by Gasteiger charge is 2.05. The highest BCUT2D eigenvalue weighted by atomic mass is 35.5. The van der Waals surface area contributed by atoms with E-state index >= 15 is 0 Å². The summed E-state index contributed by atoms with van der Waals surface area (Å²) in [5.74, 6) is 1.18. The fourth-order valence-corrected chi connectivity index (χ4v) is 3.23. The third-order valence-electron chi connectivity index (χ3n) is 2.82. The van der Waals surface area contributed by atoms with E-state index in [1.165, 1.54) is 5.56 Å². The molecule has 18 heavy (non-hydrogen) atoms. The SMILES string of the molecule is Cc1ccccc1CS(=O)Cc1ccc(Cl)cc1. The van der Waals surface area contributed by atoms with Gasteiger partial charge in [0.1, 0.15) is 0 Å². The Morgan fingerprint density at radius 3 is 2.33 bits per heavy atom. The highest BCUT2D eigenvalue weighted by molar-refractivity contribution is 7.83. The lowest BCUT2D eigenvalue weighted by Gasteiger charge is -2.06. The molecule has 0 saturated carbocycles. The first-order valence-electron chi connectivity index (χ1n) is 5.79. The van der Waals surface area contributed by atoms with Crippen molar-refractivity contribution >= 4 is 22.4 Å². The number of hydrogen-bond donors (Lipinski definition) is 0. The first-order valence-corrected chi connectivity index (χ1v) is 7.65. The van der Waals surface area contributed by atoms with Gasteiger partial charge in [-0.3, -0.25) is 4.21 Å². The van der Waals surface area contributed by atoms with Crippen LogP contribution < -0.4 is 0 Å². The van der Waals surface area contributed by atoms with Crippen molar-refractivity contribution in [2.75, 3.05) is 0 Å². The van der Waals surface area contributed by atoms with Crippen molar-refractivity contribution in [1.82, 2.24) is 0 Å². The maximum absolute atomic E-state index is 12.1. The van der Waals surface area contributed by atoms with E-state index < -0.39 is 10.8 Å². The first-order chi connectivity index (χ1) is 8.65. The number of halogens is 1. The van der Waals surface area contributed by atoms with Gasteiger partial charge in [0, 0.05) is 27.3 Å². The van der Waals surface area contributed by atoms with Crippen molar-refractivity contribution in [3.63, 3.8) is 0 Å². The average molecular weight is 279 g/mol. The van der Waals surface area contributed by atoms with Gasteiger partial charge in [0.15, 0.2) is 0 Å². The van der Waals surface area contributed by atoms with Gasteiger partial charge in [0.25, 0.3) is 0 Å². The van der Waals surface area contributed by atoms with E-state index in [9.17, 15) is 4.21 Å². The lowest BCUT2D eigenvalue weighted by Crippen LogP contribution is -2.00. The molecule has 0 aliphatic rings. The Kier molecular flexibility index (Phi) is 4.56. The topological polar surface area (TPSA) is 17.1 Å². The second kappa shape index (κ2) is 6.17. The van der Waals surface area contributed by atoms with E-state index in [0.29, 0.717) is 16.5 Å². The number of hydrogen-bond acceptors (Lipinski definition) is 1. The normalized spacial score (nSPS) is 12.3. The van der Waals surface area contributed by atoms with E-state index in [-0.39, 0.29) is 0 Å². The zero-order valence-electron chi connectivity index (χ0n) is 10.2. The largest absolute Gasteiger partial charge is 0.259 e.